The van der Waals surface area contributed by atoms with Crippen LogP contribution in [0, 0.1) is 5.41 Å². The highest BCUT2D eigenvalue weighted by atomic mass is 79.9. The number of H-pyrrole nitrogens is 1. The van der Waals surface area contributed by atoms with Gasteiger partial charge in [0.15, 0.2) is 0 Å². The molecular formula is C19H22BrNO2. The van der Waals surface area contributed by atoms with Crippen LogP contribution in [-0.4, -0.2) is 16.1 Å². The molecule has 1 saturated carbocycles. The predicted molar refractivity (Wildman–Crippen MR) is 95.1 cm³/mol. The first-order valence-electron chi connectivity index (χ1n) is 8.65. The summed E-state index contributed by atoms with van der Waals surface area (Å²) in [4.78, 5) is 15.0. The smallest absolute Gasteiger partial charge is 0.337 e. The van der Waals surface area contributed by atoms with E-state index in [1.165, 1.54) is 56.2 Å². The summed E-state index contributed by atoms with van der Waals surface area (Å²) in [6.07, 6.45) is 11.5. The maximum absolute atomic E-state index is 11.5. The van der Waals surface area contributed by atoms with Crippen LogP contribution in [0.3, 0.4) is 0 Å². The quantitative estimate of drug-likeness (QED) is 0.695. The van der Waals surface area contributed by atoms with Crippen LogP contribution in [0.2, 0.25) is 0 Å². The SMILES string of the molecule is O=C(O)c1ccc(Br)c2c3c([nH]c12)CCC1(CCCCCC1)C3. The molecule has 122 valence electrons. The number of aromatic nitrogens is 1. The van der Waals surface area contributed by atoms with Crippen molar-refractivity contribution < 1.29 is 9.90 Å². The molecule has 1 aromatic heterocycles. The third-order valence-electron chi connectivity index (χ3n) is 5.95. The van der Waals surface area contributed by atoms with Crippen LogP contribution in [0.4, 0.5) is 0 Å². The molecule has 23 heavy (non-hydrogen) atoms. The summed E-state index contributed by atoms with van der Waals surface area (Å²) in [6.45, 7) is 0. The molecule has 2 N–H and O–H groups in total. The van der Waals surface area contributed by atoms with Gasteiger partial charge in [0.1, 0.15) is 0 Å². The van der Waals surface area contributed by atoms with E-state index in [-0.39, 0.29) is 0 Å². The molecule has 2 aliphatic carbocycles. The minimum atomic E-state index is -0.856. The van der Waals surface area contributed by atoms with Gasteiger partial charge in [-0.2, -0.15) is 0 Å². The Labute approximate surface area is 144 Å². The molecule has 0 atom stereocenters. The Hall–Kier alpha value is -1.29. The number of halogens is 1. The molecule has 3 nitrogen and oxygen atoms in total. The summed E-state index contributed by atoms with van der Waals surface area (Å²) >= 11 is 3.65. The van der Waals surface area contributed by atoms with Gasteiger partial charge >= 0.3 is 5.97 Å². The number of aromatic carboxylic acids is 1. The molecule has 1 fully saturated rings. The van der Waals surface area contributed by atoms with E-state index in [0.29, 0.717) is 11.0 Å². The summed E-state index contributed by atoms with van der Waals surface area (Å²) in [5.41, 5.74) is 4.24. The van der Waals surface area contributed by atoms with Crippen LogP contribution >= 0.6 is 15.9 Å². The minimum Gasteiger partial charge on any atom is -0.478 e. The minimum absolute atomic E-state index is 0.382. The number of carboxylic acid groups (broad SMARTS) is 1. The Balaban J connectivity index is 1.84. The molecule has 2 aromatic rings. The van der Waals surface area contributed by atoms with Crippen molar-refractivity contribution in [2.75, 3.05) is 0 Å². The Kier molecular flexibility index (Phi) is 3.75. The fourth-order valence-corrected chi connectivity index (χ4v) is 5.29. The maximum Gasteiger partial charge on any atom is 0.337 e. The first-order chi connectivity index (χ1) is 11.1. The lowest BCUT2D eigenvalue weighted by molar-refractivity contribution is 0.0699. The summed E-state index contributed by atoms with van der Waals surface area (Å²) in [5, 5.41) is 10.6. The van der Waals surface area contributed by atoms with Crippen LogP contribution in [-0.2, 0) is 12.8 Å². The zero-order valence-electron chi connectivity index (χ0n) is 13.3. The standard InChI is InChI=1S/C19H22BrNO2/c20-14-6-5-12(18(22)23)17-16(14)13-11-19(10-7-15(13)21-17)8-3-1-2-4-9-19/h5-6,21H,1-4,7-11H2,(H,22,23). The van der Waals surface area contributed by atoms with Gasteiger partial charge in [-0.05, 0) is 55.2 Å². The van der Waals surface area contributed by atoms with E-state index in [1.807, 2.05) is 6.07 Å². The summed E-state index contributed by atoms with van der Waals surface area (Å²) in [7, 11) is 0. The molecule has 1 heterocycles. The fraction of sp³-hybridized carbons (Fsp3) is 0.526. The lowest BCUT2D eigenvalue weighted by atomic mass is 9.68. The lowest BCUT2D eigenvalue weighted by Gasteiger charge is -2.37. The average Bonchev–Trinajstić information content (AvgIpc) is 2.74. The van der Waals surface area contributed by atoms with Gasteiger partial charge in [0.25, 0.3) is 0 Å². The van der Waals surface area contributed by atoms with Crippen molar-refractivity contribution in [3.05, 3.63) is 33.4 Å². The van der Waals surface area contributed by atoms with E-state index in [9.17, 15) is 9.90 Å². The number of hydrogen-bond acceptors (Lipinski definition) is 1. The predicted octanol–water partition coefficient (Wildman–Crippen LogP) is 5.46. The van der Waals surface area contributed by atoms with Crippen molar-refractivity contribution in [3.63, 3.8) is 0 Å². The van der Waals surface area contributed by atoms with Gasteiger partial charge in [-0.15, -0.1) is 0 Å². The van der Waals surface area contributed by atoms with Crippen LogP contribution in [0.25, 0.3) is 10.9 Å². The molecule has 4 heteroatoms. The van der Waals surface area contributed by atoms with Crippen molar-refractivity contribution >= 4 is 32.8 Å². The summed E-state index contributed by atoms with van der Waals surface area (Å²) in [5.74, 6) is -0.856. The molecule has 0 bridgehead atoms. The van der Waals surface area contributed by atoms with Gasteiger partial charge < -0.3 is 10.1 Å². The number of carboxylic acids is 1. The third kappa shape index (κ3) is 2.51. The molecule has 1 aromatic carbocycles. The average molecular weight is 376 g/mol. The zero-order valence-corrected chi connectivity index (χ0v) is 14.8. The zero-order chi connectivity index (χ0) is 16.0. The Bertz CT molecular complexity index is 769. The molecule has 2 aliphatic rings. The van der Waals surface area contributed by atoms with Gasteiger partial charge in [0, 0.05) is 15.6 Å². The number of hydrogen-bond donors (Lipinski definition) is 2. The first-order valence-corrected chi connectivity index (χ1v) is 9.44. The molecule has 0 saturated heterocycles. The Morgan fingerprint density at radius 1 is 1.13 bits per heavy atom. The largest absolute Gasteiger partial charge is 0.478 e. The monoisotopic (exact) mass is 375 g/mol. The second-order valence-corrected chi connectivity index (χ2v) is 8.18. The van der Waals surface area contributed by atoms with Crippen molar-refractivity contribution in [1.82, 2.24) is 4.98 Å². The van der Waals surface area contributed by atoms with Crippen LogP contribution in [0.1, 0.15) is 66.6 Å². The van der Waals surface area contributed by atoms with Gasteiger partial charge in [0.05, 0.1) is 11.1 Å². The normalized spacial score (nSPS) is 20.4. The van der Waals surface area contributed by atoms with Crippen molar-refractivity contribution in [1.29, 1.82) is 0 Å². The number of carbonyl (C=O) groups is 1. The number of fused-ring (bicyclic) bond motifs is 3. The number of benzene rings is 1. The van der Waals surface area contributed by atoms with E-state index >= 15 is 0 Å². The van der Waals surface area contributed by atoms with Crippen LogP contribution in [0.5, 0.6) is 0 Å². The first kappa shape index (κ1) is 15.3. The number of aryl methyl sites for hydroxylation is 1. The summed E-state index contributed by atoms with van der Waals surface area (Å²) < 4.78 is 1.01. The van der Waals surface area contributed by atoms with Gasteiger partial charge in [-0.3, -0.25) is 0 Å². The van der Waals surface area contributed by atoms with Crippen molar-refractivity contribution in [2.45, 2.75) is 57.8 Å². The van der Waals surface area contributed by atoms with E-state index in [1.54, 1.807) is 6.07 Å². The highest BCUT2D eigenvalue weighted by Crippen LogP contribution is 2.48. The van der Waals surface area contributed by atoms with E-state index in [2.05, 4.69) is 20.9 Å². The maximum atomic E-state index is 11.5. The fourth-order valence-electron chi connectivity index (χ4n) is 4.72. The number of nitrogens with one attached hydrogen (secondary N) is 1. The Morgan fingerprint density at radius 3 is 2.57 bits per heavy atom. The van der Waals surface area contributed by atoms with Gasteiger partial charge in [-0.1, -0.05) is 41.6 Å². The molecule has 0 amide bonds. The van der Waals surface area contributed by atoms with E-state index in [4.69, 9.17) is 0 Å². The lowest BCUT2D eigenvalue weighted by Crippen LogP contribution is -2.28. The van der Waals surface area contributed by atoms with Gasteiger partial charge in [0.2, 0.25) is 0 Å². The van der Waals surface area contributed by atoms with E-state index < -0.39 is 5.97 Å². The molecule has 1 spiro atoms. The van der Waals surface area contributed by atoms with Gasteiger partial charge in [-0.25, -0.2) is 4.79 Å². The molecule has 4 rings (SSSR count). The highest BCUT2D eigenvalue weighted by Gasteiger charge is 2.36. The molecule has 0 aliphatic heterocycles. The molecule has 0 unspecified atom stereocenters. The molecule has 0 radical (unpaired) electrons. The molecular weight excluding hydrogens is 354 g/mol. The van der Waals surface area contributed by atoms with Crippen LogP contribution in [0.15, 0.2) is 16.6 Å². The topological polar surface area (TPSA) is 53.1 Å². The van der Waals surface area contributed by atoms with Crippen LogP contribution < -0.4 is 0 Å². The summed E-state index contributed by atoms with van der Waals surface area (Å²) in [6, 6.07) is 3.58. The van der Waals surface area contributed by atoms with E-state index in [0.717, 1.165) is 28.2 Å². The Morgan fingerprint density at radius 2 is 1.87 bits per heavy atom. The second kappa shape index (κ2) is 5.66. The third-order valence-corrected chi connectivity index (χ3v) is 6.61. The van der Waals surface area contributed by atoms with Crippen molar-refractivity contribution in [2.24, 2.45) is 5.41 Å². The highest BCUT2D eigenvalue weighted by molar-refractivity contribution is 9.10. The number of aromatic amines is 1. The number of rotatable bonds is 1. The second-order valence-electron chi connectivity index (χ2n) is 7.32. The van der Waals surface area contributed by atoms with Crippen molar-refractivity contribution in [3.8, 4) is 0 Å².